The molecule has 0 bridgehead atoms. The number of carbonyl (C=O) groups excluding carboxylic acids is 1. The summed E-state index contributed by atoms with van der Waals surface area (Å²) in [7, 11) is 1.74. The van der Waals surface area contributed by atoms with Crippen LogP contribution < -0.4 is 0 Å². The topological polar surface area (TPSA) is 71.9 Å². The Hall–Kier alpha value is -2.41. The molecule has 0 N–H and O–H groups in total. The molecule has 1 amide bonds. The number of carbonyl (C=O) groups is 1. The van der Waals surface area contributed by atoms with Gasteiger partial charge in [-0.2, -0.15) is 8.75 Å². The first kappa shape index (κ1) is 12.6. The maximum atomic E-state index is 12.3. The molecule has 0 radical (unpaired) electrons. The molecule has 3 heterocycles. The molecular weight excluding hydrogens is 274 g/mol. The van der Waals surface area contributed by atoms with Gasteiger partial charge in [0.2, 0.25) is 0 Å². The van der Waals surface area contributed by atoms with E-state index in [1.165, 1.54) is 6.20 Å². The Morgan fingerprint density at radius 3 is 3.00 bits per heavy atom. The molecule has 0 saturated carbocycles. The van der Waals surface area contributed by atoms with Crippen molar-refractivity contribution in [1.29, 1.82) is 0 Å². The van der Waals surface area contributed by atoms with Crippen LogP contribution in [-0.4, -0.2) is 36.6 Å². The predicted octanol–water partition coefficient (Wildman–Crippen LogP) is 1.75. The van der Waals surface area contributed by atoms with Crippen molar-refractivity contribution in [3.8, 4) is 0 Å². The van der Waals surface area contributed by atoms with Crippen LogP contribution in [0.4, 0.5) is 0 Å². The van der Waals surface area contributed by atoms with Gasteiger partial charge in [0.15, 0.2) is 5.65 Å². The van der Waals surface area contributed by atoms with Gasteiger partial charge in [0.1, 0.15) is 5.52 Å². The van der Waals surface area contributed by atoms with E-state index in [0.717, 1.165) is 17.4 Å². The van der Waals surface area contributed by atoms with Crippen LogP contribution in [-0.2, 0) is 6.54 Å². The van der Waals surface area contributed by atoms with E-state index in [1.54, 1.807) is 24.2 Å². The smallest absolute Gasteiger partial charge is 0.255 e. The van der Waals surface area contributed by atoms with Crippen LogP contribution in [0.3, 0.4) is 0 Å². The highest BCUT2D eigenvalue weighted by molar-refractivity contribution is 7.00. The highest BCUT2D eigenvalue weighted by Crippen LogP contribution is 2.12. The Bertz CT molecular complexity index is 743. The van der Waals surface area contributed by atoms with E-state index in [4.69, 9.17) is 0 Å². The number of hydrogen-bond donors (Lipinski definition) is 0. The summed E-state index contributed by atoms with van der Waals surface area (Å²) in [6.45, 7) is 0.451. The van der Waals surface area contributed by atoms with Crippen LogP contribution in [0.15, 0.2) is 36.7 Å². The molecule has 0 fully saturated rings. The summed E-state index contributed by atoms with van der Waals surface area (Å²) in [5.41, 5.74) is 2.56. The van der Waals surface area contributed by atoms with Crippen molar-refractivity contribution in [3.63, 3.8) is 0 Å². The molecule has 0 unspecified atom stereocenters. The molecule has 3 rings (SSSR count). The fourth-order valence-corrected chi connectivity index (χ4v) is 2.31. The number of nitrogens with zero attached hydrogens (tertiary/aromatic N) is 5. The van der Waals surface area contributed by atoms with Gasteiger partial charge in [-0.25, -0.2) is 4.98 Å². The molecule has 0 aliphatic heterocycles. The second-order valence-corrected chi connectivity index (χ2v) is 4.84. The van der Waals surface area contributed by atoms with Gasteiger partial charge in [-0.15, -0.1) is 0 Å². The zero-order valence-corrected chi connectivity index (χ0v) is 11.5. The molecule has 100 valence electrons. The Morgan fingerprint density at radius 1 is 1.30 bits per heavy atom. The average Bonchev–Trinajstić information content (AvgIpc) is 2.94. The highest BCUT2D eigenvalue weighted by atomic mass is 32.1. The second kappa shape index (κ2) is 5.30. The quantitative estimate of drug-likeness (QED) is 0.733. The number of aromatic nitrogens is 4. The summed E-state index contributed by atoms with van der Waals surface area (Å²) < 4.78 is 8.11. The van der Waals surface area contributed by atoms with Gasteiger partial charge < -0.3 is 4.90 Å². The molecule has 7 heteroatoms. The summed E-state index contributed by atoms with van der Waals surface area (Å²) in [6, 6.07) is 7.34. The van der Waals surface area contributed by atoms with E-state index in [9.17, 15) is 4.79 Å². The minimum atomic E-state index is -0.113. The number of rotatable bonds is 3. The molecule has 3 aromatic heterocycles. The molecule has 0 spiro atoms. The summed E-state index contributed by atoms with van der Waals surface area (Å²) >= 11 is 1.09. The molecule has 0 aromatic carbocycles. The van der Waals surface area contributed by atoms with Crippen molar-refractivity contribution in [1.82, 2.24) is 23.6 Å². The van der Waals surface area contributed by atoms with Gasteiger partial charge in [-0.1, -0.05) is 6.07 Å². The van der Waals surface area contributed by atoms with Gasteiger partial charge in [-0.05, 0) is 18.2 Å². The molecule has 6 nitrogen and oxygen atoms in total. The average molecular weight is 285 g/mol. The van der Waals surface area contributed by atoms with Crippen LogP contribution in [0.5, 0.6) is 0 Å². The molecule has 0 aliphatic rings. The van der Waals surface area contributed by atoms with Crippen molar-refractivity contribution in [2.75, 3.05) is 7.05 Å². The van der Waals surface area contributed by atoms with Crippen LogP contribution >= 0.6 is 11.7 Å². The SMILES string of the molecule is CN(Cc1ccccn1)C(=O)c1cnc2nsnc2c1. The lowest BCUT2D eigenvalue weighted by atomic mass is 10.2. The lowest BCUT2D eigenvalue weighted by Gasteiger charge is -2.16. The van der Waals surface area contributed by atoms with E-state index in [1.807, 2.05) is 18.2 Å². The van der Waals surface area contributed by atoms with Gasteiger partial charge in [0, 0.05) is 19.4 Å². The van der Waals surface area contributed by atoms with Crippen molar-refractivity contribution in [3.05, 3.63) is 47.9 Å². The van der Waals surface area contributed by atoms with Crippen molar-refractivity contribution >= 4 is 28.8 Å². The standard InChI is InChI=1S/C13H11N5OS/c1-18(8-10-4-2-3-5-14-10)13(19)9-6-11-12(15-7-9)17-20-16-11/h2-7H,8H2,1H3. The van der Waals surface area contributed by atoms with Gasteiger partial charge in [0.05, 0.1) is 29.5 Å². The van der Waals surface area contributed by atoms with Gasteiger partial charge >= 0.3 is 0 Å². The fraction of sp³-hybridized carbons (Fsp3) is 0.154. The van der Waals surface area contributed by atoms with Crippen molar-refractivity contribution in [2.24, 2.45) is 0 Å². The van der Waals surface area contributed by atoms with Gasteiger partial charge in [-0.3, -0.25) is 9.78 Å². The van der Waals surface area contributed by atoms with E-state index in [0.29, 0.717) is 23.3 Å². The molecule has 3 aromatic rings. The first-order valence-electron chi connectivity index (χ1n) is 5.98. The third-order valence-corrected chi connectivity index (χ3v) is 3.37. The number of amides is 1. The lowest BCUT2D eigenvalue weighted by Crippen LogP contribution is -2.26. The number of hydrogen-bond acceptors (Lipinski definition) is 6. The molecule has 0 atom stereocenters. The van der Waals surface area contributed by atoms with E-state index in [2.05, 4.69) is 18.7 Å². The number of fused-ring (bicyclic) bond motifs is 1. The van der Waals surface area contributed by atoms with Crippen LogP contribution in [0, 0.1) is 0 Å². The first-order valence-corrected chi connectivity index (χ1v) is 6.71. The Morgan fingerprint density at radius 2 is 2.20 bits per heavy atom. The minimum absolute atomic E-state index is 0.113. The molecule has 0 aliphatic carbocycles. The van der Waals surface area contributed by atoms with E-state index >= 15 is 0 Å². The van der Waals surface area contributed by atoms with E-state index < -0.39 is 0 Å². The van der Waals surface area contributed by atoms with Crippen LogP contribution in [0.25, 0.3) is 11.2 Å². The van der Waals surface area contributed by atoms with Crippen molar-refractivity contribution < 1.29 is 4.79 Å². The third-order valence-electron chi connectivity index (χ3n) is 2.83. The molecule has 0 saturated heterocycles. The Kier molecular flexibility index (Phi) is 3.34. The lowest BCUT2D eigenvalue weighted by molar-refractivity contribution is 0.0783. The van der Waals surface area contributed by atoms with Gasteiger partial charge in [0.25, 0.3) is 5.91 Å². The molecular formula is C13H11N5OS. The summed E-state index contributed by atoms with van der Waals surface area (Å²) in [6.07, 6.45) is 3.24. The normalized spacial score (nSPS) is 10.7. The summed E-state index contributed by atoms with van der Waals surface area (Å²) in [5, 5.41) is 0. The highest BCUT2D eigenvalue weighted by Gasteiger charge is 2.14. The minimum Gasteiger partial charge on any atom is -0.336 e. The first-order chi connectivity index (χ1) is 9.74. The predicted molar refractivity (Wildman–Crippen MR) is 75.2 cm³/mol. The zero-order valence-electron chi connectivity index (χ0n) is 10.7. The van der Waals surface area contributed by atoms with Crippen LogP contribution in [0.2, 0.25) is 0 Å². The van der Waals surface area contributed by atoms with Crippen LogP contribution in [0.1, 0.15) is 16.1 Å². The summed E-state index contributed by atoms with van der Waals surface area (Å²) in [5.74, 6) is -0.113. The largest absolute Gasteiger partial charge is 0.336 e. The Balaban J connectivity index is 1.80. The monoisotopic (exact) mass is 285 g/mol. The van der Waals surface area contributed by atoms with E-state index in [-0.39, 0.29) is 5.91 Å². The van der Waals surface area contributed by atoms with Crippen molar-refractivity contribution in [2.45, 2.75) is 6.54 Å². The maximum Gasteiger partial charge on any atom is 0.255 e. The third kappa shape index (κ3) is 2.48. The summed E-state index contributed by atoms with van der Waals surface area (Å²) in [4.78, 5) is 22.3. The second-order valence-electron chi connectivity index (χ2n) is 4.31. The fourth-order valence-electron chi connectivity index (χ4n) is 1.83. The zero-order chi connectivity index (χ0) is 13.9. The molecule has 20 heavy (non-hydrogen) atoms. The maximum absolute atomic E-state index is 12.3. The Labute approximate surface area is 119 Å². The number of pyridine rings is 2.